The summed E-state index contributed by atoms with van der Waals surface area (Å²) in [6.45, 7) is 0. The Morgan fingerprint density at radius 1 is 1.24 bits per heavy atom. The number of hydrogen-bond acceptors (Lipinski definition) is 8. The van der Waals surface area contributed by atoms with Gasteiger partial charge >= 0.3 is 0 Å². The molecular weight excluding hydrogens is 340 g/mol. The van der Waals surface area contributed by atoms with Crippen molar-refractivity contribution in [1.29, 1.82) is 0 Å². The molecule has 8 nitrogen and oxygen atoms in total. The standard InChI is InChI=1S/C10H11ClN4O4S2/c1-18-7-4-8(19-2)6(3-5(7)11)15-21(16,17)10-14-13-9(12)20-10/h3-4,15H,1-2H3,(H2,12,13). The Hall–Kier alpha value is -1.78. The van der Waals surface area contributed by atoms with Crippen molar-refractivity contribution in [2.45, 2.75) is 4.34 Å². The molecule has 0 saturated carbocycles. The molecule has 1 aromatic carbocycles. The number of hydrogen-bond donors (Lipinski definition) is 2. The molecule has 0 atom stereocenters. The van der Waals surface area contributed by atoms with Crippen LogP contribution in [0.25, 0.3) is 0 Å². The van der Waals surface area contributed by atoms with E-state index >= 15 is 0 Å². The van der Waals surface area contributed by atoms with Gasteiger partial charge in [-0.1, -0.05) is 22.9 Å². The molecule has 0 spiro atoms. The van der Waals surface area contributed by atoms with Crippen molar-refractivity contribution in [2.75, 3.05) is 24.7 Å². The topological polar surface area (TPSA) is 116 Å². The number of nitrogens with two attached hydrogens (primary N) is 1. The summed E-state index contributed by atoms with van der Waals surface area (Å²) < 4.78 is 36.5. The van der Waals surface area contributed by atoms with E-state index in [1.165, 1.54) is 26.4 Å². The smallest absolute Gasteiger partial charge is 0.291 e. The van der Waals surface area contributed by atoms with Crippen LogP contribution in [0.15, 0.2) is 16.5 Å². The lowest BCUT2D eigenvalue weighted by Gasteiger charge is -2.13. The van der Waals surface area contributed by atoms with Crippen LogP contribution in [0.3, 0.4) is 0 Å². The largest absolute Gasteiger partial charge is 0.495 e. The van der Waals surface area contributed by atoms with Crippen molar-refractivity contribution in [3.63, 3.8) is 0 Å². The predicted molar refractivity (Wildman–Crippen MR) is 79.7 cm³/mol. The lowest BCUT2D eigenvalue weighted by atomic mass is 10.3. The lowest BCUT2D eigenvalue weighted by Crippen LogP contribution is -2.13. The van der Waals surface area contributed by atoms with Crippen molar-refractivity contribution in [3.8, 4) is 11.5 Å². The van der Waals surface area contributed by atoms with E-state index in [1.54, 1.807) is 0 Å². The molecule has 0 fully saturated rings. The molecule has 0 radical (unpaired) electrons. The summed E-state index contributed by atoms with van der Waals surface area (Å²) in [5.41, 5.74) is 5.53. The molecule has 0 saturated heterocycles. The molecule has 0 aliphatic heterocycles. The monoisotopic (exact) mass is 350 g/mol. The van der Waals surface area contributed by atoms with E-state index < -0.39 is 10.0 Å². The van der Waals surface area contributed by atoms with E-state index in [0.717, 1.165) is 11.3 Å². The van der Waals surface area contributed by atoms with Crippen LogP contribution < -0.4 is 19.9 Å². The highest BCUT2D eigenvalue weighted by atomic mass is 35.5. The molecular formula is C10H11ClN4O4S2. The van der Waals surface area contributed by atoms with Crippen LogP contribution in [0.4, 0.5) is 10.8 Å². The maximum Gasteiger partial charge on any atom is 0.291 e. The van der Waals surface area contributed by atoms with Gasteiger partial charge < -0.3 is 15.2 Å². The van der Waals surface area contributed by atoms with Crippen LogP contribution in [0.5, 0.6) is 11.5 Å². The van der Waals surface area contributed by atoms with Gasteiger partial charge in [-0.15, -0.1) is 10.2 Å². The van der Waals surface area contributed by atoms with E-state index in [9.17, 15) is 8.42 Å². The summed E-state index contributed by atoms with van der Waals surface area (Å²) in [4.78, 5) is 0. The molecule has 0 aliphatic carbocycles. The van der Waals surface area contributed by atoms with E-state index in [4.69, 9.17) is 26.8 Å². The molecule has 3 N–H and O–H groups in total. The van der Waals surface area contributed by atoms with Gasteiger partial charge in [-0.05, 0) is 6.07 Å². The van der Waals surface area contributed by atoms with Crippen LogP contribution in [-0.2, 0) is 10.0 Å². The minimum Gasteiger partial charge on any atom is -0.495 e. The van der Waals surface area contributed by atoms with Crippen molar-refractivity contribution in [2.24, 2.45) is 0 Å². The fourth-order valence-electron chi connectivity index (χ4n) is 1.46. The van der Waals surface area contributed by atoms with Gasteiger partial charge in [0.05, 0.1) is 24.9 Å². The second kappa shape index (κ2) is 5.92. The Balaban J connectivity index is 2.41. The number of nitrogens with one attached hydrogen (secondary N) is 1. The molecule has 11 heteroatoms. The first kappa shape index (κ1) is 15.6. The maximum absolute atomic E-state index is 12.2. The molecule has 1 aromatic heterocycles. The van der Waals surface area contributed by atoms with Crippen molar-refractivity contribution in [1.82, 2.24) is 10.2 Å². The summed E-state index contributed by atoms with van der Waals surface area (Å²) in [5.74, 6) is 0.605. The molecule has 0 amide bonds. The minimum absolute atomic E-state index is 0.0510. The van der Waals surface area contributed by atoms with Gasteiger partial charge in [-0.2, -0.15) is 8.42 Å². The molecule has 1 heterocycles. The van der Waals surface area contributed by atoms with E-state index in [0.29, 0.717) is 5.75 Å². The Morgan fingerprint density at radius 2 is 1.90 bits per heavy atom. The third-order valence-corrected chi connectivity index (χ3v) is 5.15. The van der Waals surface area contributed by atoms with Gasteiger partial charge in [0.2, 0.25) is 5.13 Å². The molecule has 2 aromatic rings. The highest BCUT2D eigenvalue weighted by Crippen LogP contribution is 2.37. The molecule has 21 heavy (non-hydrogen) atoms. The average Bonchev–Trinajstić information content (AvgIpc) is 2.86. The van der Waals surface area contributed by atoms with Crippen LogP contribution >= 0.6 is 22.9 Å². The number of benzene rings is 1. The van der Waals surface area contributed by atoms with Gasteiger partial charge in [0.1, 0.15) is 11.5 Å². The number of anilines is 2. The number of nitrogen functional groups attached to an aromatic ring is 1. The average molecular weight is 351 g/mol. The van der Waals surface area contributed by atoms with Crippen LogP contribution in [0.2, 0.25) is 5.02 Å². The van der Waals surface area contributed by atoms with Gasteiger partial charge in [-0.3, -0.25) is 4.72 Å². The third kappa shape index (κ3) is 3.28. The second-order valence-corrected chi connectivity index (χ2v) is 6.97. The van der Waals surface area contributed by atoms with Crippen LogP contribution in [-0.4, -0.2) is 32.8 Å². The zero-order valence-corrected chi connectivity index (χ0v) is 13.3. The second-order valence-electron chi connectivity index (χ2n) is 3.70. The van der Waals surface area contributed by atoms with E-state index in [2.05, 4.69) is 14.9 Å². The third-order valence-electron chi connectivity index (χ3n) is 2.37. The van der Waals surface area contributed by atoms with Gasteiger partial charge in [0.15, 0.2) is 0 Å². The van der Waals surface area contributed by atoms with Gasteiger partial charge in [0.25, 0.3) is 14.4 Å². The van der Waals surface area contributed by atoms with Crippen molar-refractivity contribution >= 4 is 43.8 Å². The minimum atomic E-state index is -3.93. The zero-order chi connectivity index (χ0) is 15.6. The molecule has 2 rings (SSSR count). The zero-order valence-electron chi connectivity index (χ0n) is 11.0. The van der Waals surface area contributed by atoms with Crippen LogP contribution in [0.1, 0.15) is 0 Å². The highest BCUT2D eigenvalue weighted by Gasteiger charge is 2.22. The summed E-state index contributed by atoms with van der Waals surface area (Å²) >= 11 is 6.72. The normalized spacial score (nSPS) is 11.2. The highest BCUT2D eigenvalue weighted by molar-refractivity contribution is 7.94. The molecule has 0 bridgehead atoms. The Bertz CT molecular complexity index is 762. The van der Waals surface area contributed by atoms with Crippen molar-refractivity contribution < 1.29 is 17.9 Å². The molecule has 114 valence electrons. The van der Waals surface area contributed by atoms with Gasteiger partial charge in [-0.25, -0.2) is 0 Å². The number of rotatable bonds is 5. The Kier molecular flexibility index (Phi) is 4.40. The molecule has 0 unspecified atom stereocenters. The number of methoxy groups -OCH3 is 2. The number of sulfonamides is 1. The van der Waals surface area contributed by atoms with Gasteiger partial charge in [0, 0.05) is 6.07 Å². The molecule has 0 aliphatic rings. The van der Waals surface area contributed by atoms with E-state index in [-0.39, 0.29) is 25.9 Å². The first-order chi connectivity index (χ1) is 9.87. The lowest BCUT2D eigenvalue weighted by molar-refractivity contribution is 0.396. The van der Waals surface area contributed by atoms with Crippen LogP contribution in [0, 0.1) is 0 Å². The first-order valence-electron chi connectivity index (χ1n) is 5.40. The number of halogens is 1. The Labute approximate surface area is 129 Å². The predicted octanol–water partition coefficient (Wildman–Crippen LogP) is 1.59. The summed E-state index contributed by atoms with van der Waals surface area (Å²) in [6, 6.07) is 2.84. The number of aromatic nitrogens is 2. The number of ether oxygens (including phenoxy) is 2. The number of nitrogens with zero attached hydrogens (tertiary/aromatic N) is 2. The quantitative estimate of drug-likeness (QED) is 0.840. The SMILES string of the molecule is COc1cc(OC)c(NS(=O)(=O)c2nnc(N)s2)cc1Cl. The fraction of sp³-hybridized carbons (Fsp3) is 0.200. The summed E-state index contributed by atoms with van der Waals surface area (Å²) in [6.07, 6.45) is 0. The van der Waals surface area contributed by atoms with E-state index in [1.807, 2.05) is 0 Å². The maximum atomic E-state index is 12.2. The first-order valence-corrected chi connectivity index (χ1v) is 8.08. The summed E-state index contributed by atoms with van der Waals surface area (Å²) in [5, 5.41) is 7.23. The summed E-state index contributed by atoms with van der Waals surface area (Å²) in [7, 11) is -1.09. The van der Waals surface area contributed by atoms with Crippen molar-refractivity contribution in [3.05, 3.63) is 17.2 Å². The fourth-order valence-corrected chi connectivity index (χ4v) is 3.54. The Morgan fingerprint density at radius 3 is 2.43 bits per heavy atom.